The lowest BCUT2D eigenvalue weighted by atomic mass is 10.1. The molecule has 0 saturated heterocycles. The zero-order chi connectivity index (χ0) is 23.7. The molecule has 0 amide bonds. The van der Waals surface area contributed by atoms with Crippen LogP contribution in [0.3, 0.4) is 0 Å². The highest BCUT2D eigenvalue weighted by molar-refractivity contribution is 6.30. The maximum atomic E-state index is 12.6. The predicted molar refractivity (Wildman–Crippen MR) is 123 cm³/mol. The fraction of sp³-hybridized carbons (Fsp3) is 0.0800. The minimum absolute atomic E-state index is 0.109. The van der Waals surface area contributed by atoms with Crippen LogP contribution in [0.15, 0.2) is 71.4 Å². The number of hydrogen-bond donors (Lipinski definition) is 0. The fourth-order valence-electron chi connectivity index (χ4n) is 3.32. The number of cyclic esters (lactones) is 1. The Bertz CT molecular complexity index is 1360. The molecule has 0 saturated carbocycles. The predicted octanol–water partition coefficient (Wildman–Crippen LogP) is 4.64. The van der Waals surface area contributed by atoms with E-state index in [-0.39, 0.29) is 24.1 Å². The van der Waals surface area contributed by atoms with Crippen molar-refractivity contribution in [3.05, 3.63) is 88.1 Å². The number of rotatable bonds is 5. The molecule has 8 nitrogen and oxygen atoms in total. The standard InChI is InChI=1S/C25H16ClNO7/c1-30-21-11-14(10-18-25(29)34-23(27-18)15-3-6-17(26)7-4-15)2-8-20(21)33-24(28)16-5-9-19-22(12-16)32-13-31-19/h2-12H,13H2,1H3/b18-10-. The number of halogens is 1. The molecule has 0 spiro atoms. The monoisotopic (exact) mass is 477 g/mol. The Morgan fingerprint density at radius 1 is 1.00 bits per heavy atom. The zero-order valence-corrected chi connectivity index (χ0v) is 18.5. The van der Waals surface area contributed by atoms with Gasteiger partial charge in [-0.2, -0.15) is 0 Å². The normalized spacial score (nSPS) is 15.2. The molecule has 0 bridgehead atoms. The van der Waals surface area contributed by atoms with Gasteiger partial charge in [-0.05, 0) is 66.2 Å². The van der Waals surface area contributed by atoms with E-state index in [4.69, 9.17) is 35.3 Å². The molecule has 9 heteroatoms. The molecular weight excluding hydrogens is 462 g/mol. The summed E-state index contributed by atoms with van der Waals surface area (Å²) in [5.41, 5.74) is 1.66. The molecule has 2 aliphatic rings. The van der Waals surface area contributed by atoms with Crippen LogP contribution in [0.2, 0.25) is 5.02 Å². The Morgan fingerprint density at radius 2 is 1.79 bits per heavy atom. The highest BCUT2D eigenvalue weighted by Crippen LogP contribution is 2.34. The van der Waals surface area contributed by atoms with Gasteiger partial charge in [0.25, 0.3) is 0 Å². The Balaban J connectivity index is 1.36. The molecule has 2 heterocycles. The molecule has 0 aromatic heterocycles. The van der Waals surface area contributed by atoms with Crippen LogP contribution >= 0.6 is 11.6 Å². The summed E-state index contributed by atoms with van der Waals surface area (Å²) in [4.78, 5) is 29.2. The van der Waals surface area contributed by atoms with Crippen molar-refractivity contribution in [1.29, 1.82) is 0 Å². The number of carbonyl (C=O) groups is 2. The largest absolute Gasteiger partial charge is 0.493 e. The molecule has 0 N–H and O–H groups in total. The van der Waals surface area contributed by atoms with Gasteiger partial charge in [0.05, 0.1) is 12.7 Å². The van der Waals surface area contributed by atoms with Gasteiger partial charge < -0.3 is 23.7 Å². The van der Waals surface area contributed by atoms with Crippen molar-refractivity contribution in [3.63, 3.8) is 0 Å². The average Bonchev–Trinajstić information content (AvgIpc) is 3.46. The Labute approximate surface area is 198 Å². The minimum Gasteiger partial charge on any atom is -0.493 e. The van der Waals surface area contributed by atoms with Gasteiger partial charge in [-0.15, -0.1) is 0 Å². The van der Waals surface area contributed by atoms with Gasteiger partial charge in [0.15, 0.2) is 28.7 Å². The van der Waals surface area contributed by atoms with Crippen LogP contribution in [-0.2, 0) is 9.53 Å². The number of ether oxygens (including phenoxy) is 5. The van der Waals surface area contributed by atoms with E-state index < -0.39 is 11.9 Å². The number of hydrogen-bond acceptors (Lipinski definition) is 8. The van der Waals surface area contributed by atoms with Crippen molar-refractivity contribution >= 4 is 35.5 Å². The summed E-state index contributed by atoms with van der Waals surface area (Å²) in [5, 5.41) is 0.566. The maximum absolute atomic E-state index is 12.6. The van der Waals surface area contributed by atoms with E-state index in [1.54, 1.807) is 66.7 Å². The third kappa shape index (κ3) is 4.31. The molecule has 0 aliphatic carbocycles. The molecule has 3 aromatic rings. The molecule has 34 heavy (non-hydrogen) atoms. The molecule has 170 valence electrons. The number of benzene rings is 3. The smallest absolute Gasteiger partial charge is 0.363 e. The van der Waals surface area contributed by atoms with Crippen molar-refractivity contribution in [3.8, 4) is 23.0 Å². The van der Waals surface area contributed by atoms with Crippen molar-refractivity contribution in [2.75, 3.05) is 13.9 Å². The number of methoxy groups -OCH3 is 1. The fourth-order valence-corrected chi connectivity index (χ4v) is 3.45. The highest BCUT2D eigenvalue weighted by atomic mass is 35.5. The van der Waals surface area contributed by atoms with Crippen molar-refractivity contribution in [1.82, 2.24) is 0 Å². The summed E-state index contributed by atoms with van der Waals surface area (Å²) in [6, 6.07) is 16.4. The van der Waals surface area contributed by atoms with E-state index in [9.17, 15) is 9.59 Å². The third-order valence-electron chi connectivity index (χ3n) is 5.01. The zero-order valence-electron chi connectivity index (χ0n) is 17.7. The molecule has 5 rings (SSSR count). The first-order valence-corrected chi connectivity index (χ1v) is 10.5. The van der Waals surface area contributed by atoms with Crippen molar-refractivity contribution < 1.29 is 33.3 Å². The van der Waals surface area contributed by atoms with Crippen LogP contribution in [0.25, 0.3) is 6.08 Å². The van der Waals surface area contributed by atoms with Gasteiger partial charge in [-0.25, -0.2) is 14.6 Å². The lowest BCUT2D eigenvalue weighted by molar-refractivity contribution is -0.129. The first-order valence-electron chi connectivity index (χ1n) is 10.1. The molecular formula is C25H16ClNO7. The molecule has 0 atom stereocenters. The second-order valence-corrected chi connectivity index (χ2v) is 7.65. The quantitative estimate of drug-likeness (QED) is 0.300. The van der Waals surface area contributed by atoms with E-state index in [0.717, 1.165) is 0 Å². The van der Waals surface area contributed by atoms with Crippen LogP contribution in [-0.4, -0.2) is 31.7 Å². The van der Waals surface area contributed by atoms with Crippen LogP contribution in [0.4, 0.5) is 0 Å². The Hall–Kier alpha value is -4.30. The number of fused-ring (bicyclic) bond motifs is 1. The summed E-state index contributed by atoms with van der Waals surface area (Å²) >= 11 is 5.90. The van der Waals surface area contributed by atoms with Crippen LogP contribution in [0, 0.1) is 0 Å². The number of carbonyl (C=O) groups excluding carboxylic acids is 2. The van der Waals surface area contributed by atoms with E-state index in [1.165, 1.54) is 7.11 Å². The summed E-state index contributed by atoms with van der Waals surface area (Å²) in [7, 11) is 1.45. The molecule has 0 radical (unpaired) electrons. The van der Waals surface area contributed by atoms with Gasteiger partial charge in [0.1, 0.15) is 0 Å². The number of aliphatic imine (C=N–C) groups is 1. The topological polar surface area (TPSA) is 92.7 Å². The highest BCUT2D eigenvalue weighted by Gasteiger charge is 2.24. The van der Waals surface area contributed by atoms with Gasteiger partial charge in [-0.1, -0.05) is 17.7 Å². The maximum Gasteiger partial charge on any atom is 0.363 e. The Kier molecular flexibility index (Phi) is 5.65. The van der Waals surface area contributed by atoms with Crippen LogP contribution in [0.1, 0.15) is 21.5 Å². The van der Waals surface area contributed by atoms with E-state index >= 15 is 0 Å². The second-order valence-electron chi connectivity index (χ2n) is 7.21. The molecule has 3 aromatic carbocycles. The average molecular weight is 478 g/mol. The number of nitrogens with zero attached hydrogens (tertiary/aromatic N) is 1. The molecule has 0 unspecified atom stereocenters. The second kappa shape index (κ2) is 8.92. The van der Waals surface area contributed by atoms with E-state index in [0.29, 0.717) is 39.0 Å². The lowest BCUT2D eigenvalue weighted by Crippen LogP contribution is -2.09. The van der Waals surface area contributed by atoms with Gasteiger partial charge in [0.2, 0.25) is 12.7 Å². The van der Waals surface area contributed by atoms with Crippen molar-refractivity contribution in [2.24, 2.45) is 4.99 Å². The van der Waals surface area contributed by atoms with Gasteiger partial charge >= 0.3 is 11.9 Å². The summed E-state index contributed by atoms with van der Waals surface area (Å²) in [6.45, 7) is 0.109. The van der Waals surface area contributed by atoms with E-state index in [1.807, 2.05) is 0 Å². The summed E-state index contributed by atoms with van der Waals surface area (Å²) < 4.78 is 26.7. The summed E-state index contributed by atoms with van der Waals surface area (Å²) in [6.07, 6.45) is 1.55. The van der Waals surface area contributed by atoms with Crippen LogP contribution < -0.4 is 18.9 Å². The Morgan fingerprint density at radius 3 is 2.59 bits per heavy atom. The summed E-state index contributed by atoms with van der Waals surface area (Å²) in [5.74, 6) is 0.586. The third-order valence-corrected chi connectivity index (χ3v) is 5.27. The first kappa shape index (κ1) is 21.5. The van der Waals surface area contributed by atoms with Gasteiger partial charge in [0, 0.05) is 10.6 Å². The lowest BCUT2D eigenvalue weighted by Gasteiger charge is -2.10. The van der Waals surface area contributed by atoms with Gasteiger partial charge in [-0.3, -0.25) is 0 Å². The molecule has 0 fully saturated rings. The SMILES string of the molecule is COc1cc(/C=C2\N=C(c3ccc(Cl)cc3)OC2=O)ccc1OC(=O)c1ccc2c(c1)OCO2. The van der Waals surface area contributed by atoms with Crippen molar-refractivity contribution in [2.45, 2.75) is 0 Å². The molecule has 2 aliphatic heterocycles. The first-order chi connectivity index (χ1) is 16.5. The van der Waals surface area contributed by atoms with Crippen LogP contribution in [0.5, 0.6) is 23.0 Å². The van der Waals surface area contributed by atoms with E-state index in [2.05, 4.69) is 4.99 Å². The number of esters is 2. The minimum atomic E-state index is -0.584.